The van der Waals surface area contributed by atoms with Gasteiger partial charge in [-0.2, -0.15) is 0 Å². The third kappa shape index (κ3) is 2.90. The quantitative estimate of drug-likeness (QED) is 0.851. The number of halogens is 1. The second kappa shape index (κ2) is 5.69. The van der Waals surface area contributed by atoms with Crippen LogP contribution in [0.2, 0.25) is 0 Å². The van der Waals surface area contributed by atoms with Crippen molar-refractivity contribution in [2.45, 2.75) is 10.6 Å². The Labute approximate surface area is 108 Å². The molecule has 4 heteroatoms. The summed E-state index contributed by atoms with van der Waals surface area (Å²) in [5.74, 6) is -1.05. The molecule has 2 aromatic carbocycles. The first-order valence-electron chi connectivity index (χ1n) is 5.37. The summed E-state index contributed by atoms with van der Waals surface area (Å²) in [5, 5.41) is 9.01. The van der Waals surface area contributed by atoms with Crippen molar-refractivity contribution in [2.75, 3.05) is 0 Å². The van der Waals surface area contributed by atoms with Gasteiger partial charge in [-0.3, -0.25) is 0 Å². The van der Waals surface area contributed by atoms with Gasteiger partial charge < -0.3 is 5.11 Å². The molecule has 0 aliphatic rings. The minimum atomic E-state index is -1.11. The first-order chi connectivity index (χ1) is 8.68. The molecule has 2 nitrogen and oxygen atoms in total. The number of benzene rings is 2. The van der Waals surface area contributed by atoms with Gasteiger partial charge in [0, 0.05) is 5.75 Å². The Balaban J connectivity index is 2.21. The van der Waals surface area contributed by atoms with Crippen molar-refractivity contribution in [2.24, 2.45) is 0 Å². The van der Waals surface area contributed by atoms with Crippen molar-refractivity contribution in [3.05, 3.63) is 65.5 Å². The van der Waals surface area contributed by atoms with Crippen LogP contribution in [-0.4, -0.2) is 11.1 Å². The van der Waals surface area contributed by atoms with E-state index in [2.05, 4.69) is 0 Å². The van der Waals surface area contributed by atoms with Gasteiger partial charge in [-0.25, -0.2) is 9.18 Å². The number of carbonyl (C=O) groups is 1. The van der Waals surface area contributed by atoms with Crippen LogP contribution in [0.3, 0.4) is 0 Å². The van der Waals surface area contributed by atoms with E-state index in [1.54, 1.807) is 0 Å². The first kappa shape index (κ1) is 12.6. The van der Waals surface area contributed by atoms with E-state index >= 15 is 0 Å². The Kier molecular flexibility index (Phi) is 3.99. The molecule has 0 radical (unpaired) electrons. The van der Waals surface area contributed by atoms with Gasteiger partial charge >= 0.3 is 5.97 Å². The molecule has 0 saturated carbocycles. The summed E-state index contributed by atoms with van der Waals surface area (Å²) in [4.78, 5) is 11.2. The maximum absolute atomic E-state index is 13.6. The molecule has 0 spiro atoms. The Bertz CT molecular complexity index is 555. The van der Waals surface area contributed by atoms with Crippen LogP contribution in [-0.2, 0) is 5.75 Å². The Morgan fingerprint density at radius 1 is 1.11 bits per heavy atom. The summed E-state index contributed by atoms with van der Waals surface area (Å²) in [6.07, 6.45) is 0. The van der Waals surface area contributed by atoms with Crippen LogP contribution in [0.25, 0.3) is 0 Å². The molecule has 0 amide bonds. The summed E-state index contributed by atoms with van der Waals surface area (Å²) >= 11 is 1.20. The van der Waals surface area contributed by atoms with Crippen LogP contribution in [0.1, 0.15) is 15.9 Å². The van der Waals surface area contributed by atoms with Crippen molar-refractivity contribution in [3.63, 3.8) is 0 Å². The maximum Gasteiger partial charge on any atom is 0.336 e. The van der Waals surface area contributed by atoms with Crippen LogP contribution in [0, 0.1) is 5.82 Å². The lowest BCUT2D eigenvalue weighted by molar-refractivity contribution is 0.0692. The van der Waals surface area contributed by atoms with Gasteiger partial charge in [0.2, 0.25) is 0 Å². The minimum absolute atomic E-state index is 0.0101. The van der Waals surface area contributed by atoms with E-state index in [1.165, 1.54) is 30.0 Å². The van der Waals surface area contributed by atoms with Crippen LogP contribution in [0.4, 0.5) is 4.39 Å². The first-order valence-corrected chi connectivity index (χ1v) is 6.35. The van der Waals surface area contributed by atoms with Gasteiger partial charge in [-0.1, -0.05) is 36.4 Å². The highest BCUT2D eigenvalue weighted by atomic mass is 32.2. The molecule has 0 heterocycles. The Morgan fingerprint density at radius 2 is 1.83 bits per heavy atom. The van der Waals surface area contributed by atoms with Gasteiger partial charge in [0.05, 0.1) is 10.5 Å². The zero-order valence-corrected chi connectivity index (χ0v) is 10.3. The molecule has 0 saturated heterocycles. The number of carboxylic acids is 1. The van der Waals surface area contributed by atoms with E-state index in [-0.39, 0.29) is 10.5 Å². The molecule has 2 rings (SSSR count). The number of carboxylic acid groups (broad SMARTS) is 1. The number of hydrogen-bond acceptors (Lipinski definition) is 2. The summed E-state index contributed by atoms with van der Waals surface area (Å²) in [6.45, 7) is 0. The molecular weight excluding hydrogens is 251 g/mol. The lowest BCUT2D eigenvalue weighted by Crippen LogP contribution is -2.00. The molecular formula is C14H11FO2S. The minimum Gasteiger partial charge on any atom is -0.478 e. The number of hydrogen-bond donors (Lipinski definition) is 1. The molecule has 0 unspecified atom stereocenters. The summed E-state index contributed by atoms with van der Waals surface area (Å²) in [5.41, 5.74) is 1.04. The van der Waals surface area contributed by atoms with Crippen molar-refractivity contribution < 1.29 is 14.3 Å². The van der Waals surface area contributed by atoms with E-state index < -0.39 is 11.8 Å². The second-order valence-electron chi connectivity index (χ2n) is 3.70. The molecule has 0 atom stereocenters. The van der Waals surface area contributed by atoms with E-state index in [4.69, 9.17) is 5.11 Å². The van der Waals surface area contributed by atoms with Gasteiger partial charge in [0.15, 0.2) is 0 Å². The standard InChI is InChI=1S/C14H11FO2S/c15-12-8-4-7-11(14(16)17)13(12)18-9-10-5-2-1-3-6-10/h1-8H,9H2,(H,16,17). The molecule has 2 aromatic rings. The third-order valence-corrected chi connectivity index (χ3v) is 3.60. The van der Waals surface area contributed by atoms with Crippen molar-refractivity contribution in [1.82, 2.24) is 0 Å². The topological polar surface area (TPSA) is 37.3 Å². The Hall–Kier alpha value is -1.81. The van der Waals surface area contributed by atoms with E-state index in [0.29, 0.717) is 5.75 Å². The van der Waals surface area contributed by atoms with E-state index in [9.17, 15) is 9.18 Å². The fourth-order valence-corrected chi connectivity index (χ4v) is 2.57. The van der Waals surface area contributed by atoms with Gasteiger partial charge in [0.25, 0.3) is 0 Å². The SMILES string of the molecule is O=C(O)c1cccc(F)c1SCc1ccccc1. The van der Waals surface area contributed by atoms with Crippen molar-refractivity contribution >= 4 is 17.7 Å². The zero-order chi connectivity index (χ0) is 13.0. The van der Waals surface area contributed by atoms with Crippen LogP contribution in [0.15, 0.2) is 53.4 Å². The normalized spacial score (nSPS) is 10.3. The molecule has 0 aliphatic carbocycles. The molecule has 18 heavy (non-hydrogen) atoms. The molecule has 1 N–H and O–H groups in total. The average Bonchev–Trinajstić information content (AvgIpc) is 2.38. The predicted molar refractivity (Wildman–Crippen MR) is 69.4 cm³/mol. The predicted octanol–water partition coefficient (Wildman–Crippen LogP) is 3.82. The number of rotatable bonds is 4. The second-order valence-corrected chi connectivity index (χ2v) is 4.68. The van der Waals surface area contributed by atoms with E-state index in [0.717, 1.165) is 5.56 Å². The van der Waals surface area contributed by atoms with E-state index in [1.807, 2.05) is 30.3 Å². The smallest absolute Gasteiger partial charge is 0.336 e. The highest BCUT2D eigenvalue weighted by Crippen LogP contribution is 2.29. The molecule has 0 aliphatic heterocycles. The van der Waals surface area contributed by atoms with Gasteiger partial charge in [-0.05, 0) is 17.7 Å². The monoisotopic (exact) mass is 262 g/mol. The maximum atomic E-state index is 13.6. The fraction of sp³-hybridized carbons (Fsp3) is 0.0714. The highest BCUT2D eigenvalue weighted by molar-refractivity contribution is 7.98. The molecule has 0 aromatic heterocycles. The number of thioether (sulfide) groups is 1. The average molecular weight is 262 g/mol. The van der Waals surface area contributed by atoms with Crippen LogP contribution < -0.4 is 0 Å². The third-order valence-electron chi connectivity index (χ3n) is 2.42. The van der Waals surface area contributed by atoms with Crippen molar-refractivity contribution in [3.8, 4) is 0 Å². The largest absolute Gasteiger partial charge is 0.478 e. The fourth-order valence-electron chi connectivity index (χ4n) is 1.55. The molecule has 0 bridgehead atoms. The Morgan fingerprint density at radius 3 is 2.50 bits per heavy atom. The summed E-state index contributed by atoms with van der Waals surface area (Å²) in [6, 6.07) is 13.6. The highest BCUT2D eigenvalue weighted by Gasteiger charge is 2.14. The van der Waals surface area contributed by atoms with Crippen molar-refractivity contribution in [1.29, 1.82) is 0 Å². The zero-order valence-electron chi connectivity index (χ0n) is 9.47. The summed E-state index contributed by atoms with van der Waals surface area (Å²) < 4.78 is 13.6. The van der Waals surface area contributed by atoms with Gasteiger partial charge in [-0.15, -0.1) is 11.8 Å². The summed E-state index contributed by atoms with van der Waals surface area (Å²) in [7, 11) is 0. The molecule has 0 fully saturated rings. The van der Waals surface area contributed by atoms with Crippen LogP contribution in [0.5, 0.6) is 0 Å². The number of aromatic carboxylic acids is 1. The lowest BCUT2D eigenvalue weighted by Gasteiger charge is -2.07. The van der Waals surface area contributed by atoms with Crippen LogP contribution >= 0.6 is 11.8 Å². The molecule has 92 valence electrons. The van der Waals surface area contributed by atoms with Gasteiger partial charge in [0.1, 0.15) is 5.82 Å². The lowest BCUT2D eigenvalue weighted by atomic mass is 10.2.